The van der Waals surface area contributed by atoms with Crippen molar-refractivity contribution < 1.29 is 4.79 Å². The zero-order valence-electron chi connectivity index (χ0n) is 11.1. The van der Waals surface area contributed by atoms with Crippen LogP contribution in [0.4, 0.5) is 11.4 Å². The molecule has 4 heteroatoms. The molecule has 0 fully saturated rings. The van der Waals surface area contributed by atoms with Crippen LogP contribution in [-0.2, 0) is 4.79 Å². The van der Waals surface area contributed by atoms with Gasteiger partial charge in [0.15, 0.2) is 0 Å². The molecular weight excluding hydrogens is 272 g/mol. The standard InChI is InChI=1S/C16H15ClN2O/c1-11-10-14(18)7-8-15(11)19-16(20)9-4-12-2-5-13(17)6-3-12/h2-10H,18H2,1H3,(H,19,20)/b9-4+. The van der Waals surface area contributed by atoms with Crippen LogP contribution in [0.25, 0.3) is 6.08 Å². The fourth-order valence-electron chi connectivity index (χ4n) is 1.75. The zero-order chi connectivity index (χ0) is 14.5. The van der Waals surface area contributed by atoms with Crippen LogP contribution in [0.5, 0.6) is 0 Å². The van der Waals surface area contributed by atoms with Crippen LogP contribution < -0.4 is 11.1 Å². The number of carbonyl (C=O) groups excluding carboxylic acids is 1. The molecule has 1 amide bonds. The van der Waals surface area contributed by atoms with E-state index < -0.39 is 0 Å². The Hall–Kier alpha value is -2.26. The fraction of sp³-hybridized carbons (Fsp3) is 0.0625. The summed E-state index contributed by atoms with van der Waals surface area (Å²) in [5.41, 5.74) is 8.94. The van der Waals surface area contributed by atoms with Crippen LogP contribution in [0, 0.1) is 6.92 Å². The van der Waals surface area contributed by atoms with Crippen molar-refractivity contribution in [2.24, 2.45) is 0 Å². The molecule has 0 saturated carbocycles. The van der Waals surface area contributed by atoms with Crippen LogP contribution in [0.15, 0.2) is 48.5 Å². The summed E-state index contributed by atoms with van der Waals surface area (Å²) in [5, 5.41) is 3.48. The predicted molar refractivity (Wildman–Crippen MR) is 84.7 cm³/mol. The Kier molecular flexibility index (Phi) is 4.43. The molecule has 2 rings (SSSR count). The van der Waals surface area contributed by atoms with Crippen molar-refractivity contribution in [3.8, 4) is 0 Å². The van der Waals surface area contributed by atoms with Crippen LogP contribution in [0.1, 0.15) is 11.1 Å². The van der Waals surface area contributed by atoms with E-state index in [1.54, 1.807) is 30.3 Å². The average molecular weight is 287 g/mol. The van der Waals surface area contributed by atoms with Crippen LogP contribution >= 0.6 is 11.6 Å². The summed E-state index contributed by atoms with van der Waals surface area (Å²) in [6.07, 6.45) is 3.22. The van der Waals surface area contributed by atoms with Crippen molar-refractivity contribution in [3.05, 3.63) is 64.7 Å². The highest BCUT2D eigenvalue weighted by atomic mass is 35.5. The molecule has 0 spiro atoms. The minimum absolute atomic E-state index is 0.187. The summed E-state index contributed by atoms with van der Waals surface area (Å²) in [4.78, 5) is 11.8. The molecule has 0 atom stereocenters. The van der Waals surface area contributed by atoms with Gasteiger partial charge in [0.2, 0.25) is 5.91 Å². The fourth-order valence-corrected chi connectivity index (χ4v) is 1.87. The van der Waals surface area contributed by atoms with Crippen molar-refractivity contribution >= 4 is 35.0 Å². The molecule has 3 nitrogen and oxygen atoms in total. The lowest BCUT2D eigenvalue weighted by Crippen LogP contribution is -2.09. The van der Waals surface area contributed by atoms with Gasteiger partial charge in [0, 0.05) is 22.5 Å². The van der Waals surface area contributed by atoms with Gasteiger partial charge in [0.25, 0.3) is 0 Å². The first kappa shape index (κ1) is 14.2. The van der Waals surface area contributed by atoms with Crippen molar-refractivity contribution in [3.63, 3.8) is 0 Å². The Morgan fingerprint density at radius 1 is 1.20 bits per heavy atom. The van der Waals surface area contributed by atoms with Gasteiger partial charge in [-0.05, 0) is 54.5 Å². The number of nitrogen functional groups attached to an aromatic ring is 1. The summed E-state index contributed by atoms with van der Waals surface area (Å²) < 4.78 is 0. The maximum Gasteiger partial charge on any atom is 0.248 e. The smallest absolute Gasteiger partial charge is 0.248 e. The highest BCUT2D eigenvalue weighted by molar-refractivity contribution is 6.30. The number of hydrogen-bond donors (Lipinski definition) is 2. The van der Waals surface area contributed by atoms with Crippen molar-refractivity contribution in [2.75, 3.05) is 11.1 Å². The van der Waals surface area contributed by atoms with E-state index in [4.69, 9.17) is 17.3 Å². The predicted octanol–water partition coefficient (Wildman–Crippen LogP) is 3.88. The molecule has 0 heterocycles. The molecule has 0 aliphatic heterocycles. The number of anilines is 2. The number of nitrogens with one attached hydrogen (secondary N) is 1. The van der Waals surface area contributed by atoms with E-state index in [0.717, 1.165) is 16.8 Å². The number of carbonyl (C=O) groups is 1. The molecule has 2 aromatic carbocycles. The lowest BCUT2D eigenvalue weighted by atomic mass is 10.1. The van der Waals surface area contributed by atoms with Gasteiger partial charge in [-0.15, -0.1) is 0 Å². The second-order valence-corrected chi connectivity index (χ2v) is 4.88. The van der Waals surface area contributed by atoms with Crippen molar-refractivity contribution in [2.45, 2.75) is 6.92 Å². The number of hydrogen-bond acceptors (Lipinski definition) is 2. The van der Waals surface area contributed by atoms with Crippen LogP contribution in [0.2, 0.25) is 5.02 Å². The molecule has 0 radical (unpaired) electrons. The number of rotatable bonds is 3. The summed E-state index contributed by atoms with van der Waals surface area (Å²) in [6, 6.07) is 12.6. The largest absolute Gasteiger partial charge is 0.399 e. The minimum atomic E-state index is -0.187. The summed E-state index contributed by atoms with van der Waals surface area (Å²) >= 11 is 5.80. The first-order chi connectivity index (χ1) is 9.54. The Labute approximate surface area is 123 Å². The van der Waals surface area contributed by atoms with E-state index in [0.29, 0.717) is 10.7 Å². The molecule has 0 aliphatic carbocycles. The van der Waals surface area contributed by atoms with Crippen molar-refractivity contribution in [1.29, 1.82) is 0 Å². The van der Waals surface area contributed by atoms with Gasteiger partial charge in [0.1, 0.15) is 0 Å². The van der Waals surface area contributed by atoms with Gasteiger partial charge in [-0.25, -0.2) is 0 Å². The highest BCUT2D eigenvalue weighted by Gasteiger charge is 2.01. The third-order valence-corrected chi connectivity index (χ3v) is 3.06. The quantitative estimate of drug-likeness (QED) is 0.664. The normalized spacial score (nSPS) is 10.7. The van der Waals surface area contributed by atoms with E-state index in [2.05, 4.69) is 5.32 Å². The summed E-state index contributed by atoms with van der Waals surface area (Å²) in [6.45, 7) is 1.90. The summed E-state index contributed by atoms with van der Waals surface area (Å²) in [7, 11) is 0. The molecule has 0 aromatic heterocycles. The van der Waals surface area contributed by atoms with E-state index in [-0.39, 0.29) is 5.91 Å². The van der Waals surface area contributed by atoms with Crippen molar-refractivity contribution in [1.82, 2.24) is 0 Å². The Balaban J connectivity index is 2.03. The van der Waals surface area contributed by atoms with Gasteiger partial charge >= 0.3 is 0 Å². The molecular formula is C16H15ClN2O. The van der Waals surface area contributed by atoms with E-state index in [9.17, 15) is 4.79 Å². The third-order valence-electron chi connectivity index (χ3n) is 2.81. The Morgan fingerprint density at radius 2 is 1.90 bits per heavy atom. The number of nitrogens with two attached hydrogens (primary N) is 1. The lowest BCUT2D eigenvalue weighted by Gasteiger charge is -2.06. The van der Waals surface area contributed by atoms with Gasteiger partial charge in [-0.2, -0.15) is 0 Å². The number of aryl methyl sites for hydroxylation is 1. The first-order valence-electron chi connectivity index (χ1n) is 6.15. The van der Waals surface area contributed by atoms with Crippen LogP contribution in [0.3, 0.4) is 0 Å². The Bertz CT molecular complexity index is 648. The second kappa shape index (κ2) is 6.26. The average Bonchev–Trinajstić information content (AvgIpc) is 2.41. The minimum Gasteiger partial charge on any atom is -0.399 e. The van der Waals surface area contributed by atoms with Crippen LogP contribution in [-0.4, -0.2) is 5.91 Å². The van der Waals surface area contributed by atoms with Gasteiger partial charge in [-0.1, -0.05) is 23.7 Å². The summed E-state index contributed by atoms with van der Waals surface area (Å²) in [5.74, 6) is -0.187. The number of benzene rings is 2. The lowest BCUT2D eigenvalue weighted by molar-refractivity contribution is -0.111. The molecule has 0 saturated heterocycles. The number of halogens is 1. The zero-order valence-corrected chi connectivity index (χ0v) is 11.8. The highest BCUT2D eigenvalue weighted by Crippen LogP contribution is 2.17. The molecule has 2 aromatic rings. The third kappa shape index (κ3) is 3.87. The maximum atomic E-state index is 11.8. The topological polar surface area (TPSA) is 55.1 Å². The van der Waals surface area contributed by atoms with Gasteiger partial charge < -0.3 is 11.1 Å². The molecule has 0 aliphatic rings. The molecule has 0 bridgehead atoms. The van der Waals surface area contributed by atoms with E-state index >= 15 is 0 Å². The van der Waals surface area contributed by atoms with E-state index in [1.807, 2.05) is 25.1 Å². The molecule has 20 heavy (non-hydrogen) atoms. The molecule has 0 unspecified atom stereocenters. The molecule has 102 valence electrons. The monoisotopic (exact) mass is 286 g/mol. The maximum absolute atomic E-state index is 11.8. The van der Waals surface area contributed by atoms with Gasteiger partial charge in [-0.3, -0.25) is 4.79 Å². The number of amides is 1. The van der Waals surface area contributed by atoms with E-state index in [1.165, 1.54) is 6.08 Å². The second-order valence-electron chi connectivity index (χ2n) is 4.45. The first-order valence-corrected chi connectivity index (χ1v) is 6.53. The molecule has 3 N–H and O–H groups in total. The Morgan fingerprint density at radius 3 is 2.55 bits per heavy atom. The SMILES string of the molecule is Cc1cc(N)ccc1NC(=O)/C=C/c1ccc(Cl)cc1. The van der Waals surface area contributed by atoms with Gasteiger partial charge in [0.05, 0.1) is 0 Å².